The van der Waals surface area contributed by atoms with E-state index in [1.54, 1.807) is 0 Å². The maximum absolute atomic E-state index is 11.7. The molecule has 1 atom stereocenters. The minimum absolute atomic E-state index is 0.537. The second-order valence-electron chi connectivity index (χ2n) is 3.15. The Kier molecular flexibility index (Phi) is 4.93. The number of nitrogens with one attached hydrogen (secondary N) is 1. The van der Waals surface area contributed by atoms with Crippen LogP contribution in [0.2, 0.25) is 0 Å². The van der Waals surface area contributed by atoms with Crippen LogP contribution in [-0.2, 0) is 14.4 Å². The molecule has 92 valence electrons. The zero-order valence-corrected chi connectivity index (χ0v) is 8.30. The number of halogens is 3. The molecule has 0 heterocycles. The van der Waals surface area contributed by atoms with Gasteiger partial charge in [0, 0.05) is 12.5 Å². The van der Waals surface area contributed by atoms with Crippen molar-refractivity contribution in [1.82, 2.24) is 5.32 Å². The van der Waals surface area contributed by atoms with Crippen molar-refractivity contribution in [1.29, 1.82) is 0 Å². The molecule has 1 amide bonds. The van der Waals surface area contributed by atoms with Crippen LogP contribution < -0.4 is 5.32 Å². The van der Waals surface area contributed by atoms with Gasteiger partial charge in [-0.1, -0.05) is 6.92 Å². The lowest BCUT2D eigenvalue weighted by molar-refractivity contribution is -0.173. The van der Waals surface area contributed by atoms with Gasteiger partial charge in [-0.05, 0) is 0 Å². The zero-order valence-electron chi connectivity index (χ0n) is 8.30. The van der Waals surface area contributed by atoms with E-state index in [1.165, 1.54) is 12.2 Å². The molecule has 0 aromatic carbocycles. The molecule has 0 aliphatic rings. The van der Waals surface area contributed by atoms with Gasteiger partial charge in [-0.25, -0.2) is 0 Å². The van der Waals surface area contributed by atoms with Gasteiger partial charge in [0.2, 0.25) is 0 Å². The fraction of sp³-hybridized carbons (Fsp3) is 0.625. The Hall–Kier alpha value is -1.60. The molecule has 0 aromatic heterocycles. The van der Waals surface area contributed by atoms with Crippen LogP contribution in [0.15, 0.2) is 0 Å². The summed E-state index contributed by atoms with van der Waals surface area (Å²) in [6.07, 6.45) is -5.78. The first-order chi connectivity index (χ1) is 7.14. The van der Waals surface area contributed by atoms with Gasteiger partial charge in [-0.15, -0.1) is 0 Å². The minimum atomic E-state index is -5.00. The number of carbonyl (C=O) groups excluding carboxylic acids is 2. The smallest absolute Gasteiger partial charge is 0.471 e. The van der Waals surface area contributed by atoms with Crippen LogP contribution in [0.25, 0.3) is 0 Å². The molecule has 0 saturated carbocycles. The standard InChI is InChI=1S/C8H10F3NO4/c1-4(5(13)2-6(14)15)3-12-7(16)8(9,10)11/h4H,2-3H2,1H3,(H,12,16)(H,14,15). The Bertz CT molecular complexity index is 300. The number of rotatable bonds is 5. The highest BCUT2D eigenvalue weighted by atomic mass is 19.4. The fourth-order valence-electron chi connectivity index (χ4n) is 0.783. The topological polar surface area (TPSA) is 83.5 Å². The molecule has 0 saturated heterocycles. The van der Waals surface area contributed by atoms with E-state index >= 15 is 0 Å². The highest BCUT2D eigenvalue weighted by molar-refractivity contribution is 5.96. The Morgan fingerprint density at radius 1 is 1.31 bits per heavy atom. The molecule has 0 bridgehead atoms. The monoisotopic (exact) mass is 241 g/mol. The van der Waals surface area contributed by atoms with Crippen molar-refractivity contribution in [3.05, 3.63) is 0 Å². The lowest BCUT2D eigenvalue weighted by atomic mass is 10.0. The van der Waals surface area contributed by atoms with E-state index in [4.69, 9.17) is 5.11 Å². The number of carbonyl (C=O) groups is 3. The summed E-state index contributed by atoms with van der Waals surface area (Å²) in [5, 5.41) is 9.75. The molecule has 0 spiro atoms. The second-order valence-corrected chi connectivity index (χ2v) is 3.15. The van der Waals surface area contributed by atoms with Crippen molar-refractivity contribution in [2.45, 2.75) is 19.5 Å². The predicted molar refractivity (Wildman–Crippen MR) is 45.5 cm³/mol. The number of alkyl halides is 3. The molecule has 5 nitrogen and oxygen atoms in total. The van der Waals surface area contributed by atoms with Crippen LogP contribution in [0.5, 0.6) is 0 Å². The third kappa shape index (κ3) is 5.32. The van der Waals surface area contributed by atoms with Crippen molar-refractivity contribution in [3.8, 4) is 0 Å². The molecule has 0 aliphatic carbocycles. The van der Waals surface area contributed by atoms with Crippen LogP contribution >= 0.6 is 0 Å². The third-order valence-corrected chi connectivity index (χ3v) is 1.70. The van der Waals surface area contributed by atoms with E-state index < -0.39 is 42.7 Å². The van der Waals surface area contributed by atoms with Gasteiger partial charge in [0.05, 0.1) is 0 Å². The normalized spacial score (nSPS) is 13.0. The summed E-state index contributed by atoms with van der Waals surface area (Å²) in [7, 11) is 0. The van der Waals surface area contributed by atoms with Crippen LogP contribution in [0.4, 0.5) is 13.2 Å². The molecule has 8 heteroatoms. The maximum atomic E-state index is 11.7. The summed E-state index contributed by atoms with van der Waals surface area (Å²) in [6, 6.07) is 0. The lowest BCUT2D eigenvalue weighted by Crippen LogP contribution is -2.40. The molecular weight excluding hydrogens is 231 g/mol. The number of carboxylic acid groups (broad SMARTS) is 1. The van der Waals surface area contributed by atoms with Gasteiger partial charge >= 0.3 is 18.1 Å². The van der Waals surface area contributed by atoms with E-state index in [-0.39, 0.29) is 0 Å². The lowest BCUT2D eigenvalue weighted by Gasteiger charge is -2.11. The van der Waals surface area contributed by atoms with Gasteiger partial charge in [0.25, 0.3) is 0 Å². The summed E-state index contributed by atoms with van der Waals surface area (Å²) in [5.41, 5.74) is 0. The Balaban J connectivity index is 4.08. The quantitative estimate of drug-likeness (QED) is 0.680. The molecule has 16 heavy (non-hydrogen) atoms. The largest absolute Gasteiger partial charge is 0.481 e. The average Bonchev–Trinajstić information content (AvgIpc) is 2.10. The van der Waals surface area contributed by atoms with Crippen molar-refractivity contribution >= 4 is 17.7 Å². The Morgan fingerprint density at radius 2 is 1.81 bits per heavy atom. The van der Waals surface area contributed by atoms with Gasteiger partial charge in [0.1, 0.15) is 12.2 Å². The molecule has 0 rings (SSSR count). The molecule has 2 N–H and O–H groups in total. The van der Waals surface area contributed by atoms with Gasteiger partial charge in [-0.3, -0.25) is 14.4 Å². The third-order valence-electron chi connectivity index (χ3n) is 1.70. The van der Waals surface area contributed by atoms with Gasteiger partial charge < -0.3 is 10.4 Å². The molecule has 1 unspecified atom stereocenters. The van der Waals surface area contributed by atoms with E-state index in [9.17, 15) is 27.6 Å². The van der Waals surface area contributed by atoms with Crippen molar-refractivity contribution in [2.75, 3.05) is 6.54 Å². The van der Waals surface area contributed by atoms with E-state index in [0.717, 1.165) is 0 Å². The Labute approximate surface area is 88.6 Å². The minimum Gasteiger partial charge on any atom is -0.481 e. The first kappa shape index (κ1) is 14.4. The molecule has 0 aliphatic heterocycles. The number of hydrogen-bond donors (Lipinski definition) is 2. The fourth-order valence-corrected chi connectivity index (χ4v) is 0.783. The highest BCUT2D eigenvalue weighted by Gasteiger charge is 2.38. The number of Topliss-reactive ketones (excluding diaryl/α,β-unsaturated/α-hetero) is 1. The number of hydrogen-bond acceptors (Lipinski definition) is 3. The number of ketones is 1. The van der Waals surface area contributed by atoms with Gasteiger partial charge in [0.15, 0.2) is 0 Å². The number of aliphatic carboxylic acids is 1. The van der Waals surface area contributed by atoms with Crippen molar-refractivity contribution < 1.29 is 32.7 Å². The second kappa shape index (κ2) is 5.47. The van der Waals surface area contributed by atoms with Crippen LogP contribution in [0, 0.1) is 5.92 Å². The maximum Gasteiger partial charge on any atom is 0.471 e. The van der Waals surface area contributed by atoms with E-state index in [0.29, 0.717) is 0 Å². The predicted octanol–water partition coefficient (Wildman–Crippen LogP) is 0.345. The van der Waals surface area contributed by atoms with Crippen LogP contribution in [0.3, 0.4) is 0 Å². The first-order valence-corrected chi connectivity index (χ1v) is 4.24. The summed E-state index contributed by atoms with van der Waals surface area (Å²) in [5.74, 6) is -5.22. The van der Waals surface area contributed by atoms with E-state index in [2.05, 4.69) is 0 Å². The summed E-state index contributed by atoms with van der Waals surface area (Å²) in [6.45, 7) is 0.701. The summed E-state index contributed by atoms with van der Waals surface area (Å²) < 4.78 is 35.2. The molecule has 0 aromatic rings. The number of carboxylic acids is 1. The highest BCUT2D eigenvalue weighted by Crippen LogP contribution is 2.14. The first-order valence-electron chi connectivity index (χ1n) is 4.24. The molecule has 0 radical (unpaired) electrons. The van der Waals surface area contributed by atoms with Crippen LogP contribution in [-0.4, -0.2) is 35.5 Å². The zero-order chi connectivity index (χ0) is 12.9. The average molecular weight is 241 g/mol. The van der Waals surface area contributed by atoms with Crippen molar-refractivity contribution in [2.24, 2.45) is 5.92 Å². The van der Waals surface area contributed by atoms with Crippen LogP contribution in [0.1, 0.15) is 13.3 Å². The number of amides is 1. The van der Waals surface area contributed by atoms with Crippen molar-refractivity contribution in [3.63, 3.8) is 0 Å². The molecule has 0 fully saturated rings. The molecular formula is C8H10F3NO4. The van der Waals surface area contributed by atoms with E-state index in [1.807, 2.05) is 0 Å². The SMILES string of the molecule is CC(CNC(=O)C(F)(F)F)C(=O)CC(=O)O. The van der Waals surface area contributed by atoms with Gasteiger partial charge in [-0.2, -0.15) is 13.2 Å². The Morgan fingerprint density at radius 3 is 2.19 bits per heavy atom. The summed E-state index contributed by atoms with van der Waals surface area (Å²) in [4.78, 5) is 31.5. The summed E-state index contributed by atoms with van der Waals surface area (Å²) >= 11 is 0.